The maximum atomic E-state index is 6.04. The molecule has 2 aromatic rings. The van der Waals surface area contributed by atoms with E-state index < -0.39 is 0 Å². The van der Waals surface area contributed by atoms with Crippen molar-refractivity contribution < 1.29 is 9.47 Å². The molecular weight excluding hydrogens is 262 g/mol. The lowest BCUT2D eigenvalue weighted by Gasteiger charge is -2.26. The number of anilines is 1. The Bertz CT molecular complexity index is 668. The predicted molar refractivity (Wildman–Crippen MR) is 83.3 cm³/mol. The Hall–Kier alpha value is -2.16. The summed E-state index contributed by atoms with van der Waals surface area (Å²) in [6.07, 6.45) is 2.08. The van der Waals surface area contributed by atoms with Crippen LogP contribution < -0.4 is 14.8 Å². The van der Waals surface area contributed by atoms with Gasteiger partial charge in [-0.3, -0.25) is 0 Å². The van der Waals surface area contributed by atoms with Gasteiger partial charge in [0.1, 0.15) is 12.7 Å². The van der Waals surface area contributed by atoms with Crippen molar-refractivity contribution in [3.63, 3.8) is 0 Å². The Morgan fingerprint density at radius 1 is 1.14 bits per heavy atom. The number of nitrogens with one attached hydrogen (secondary N) is 1. The van der Waals surface area contributed by atoms with E-state index in [0.717, 1.165) is 24.3 Å². The Balaban J connectivity index is 1.49. The lowest BCUT2D eigenvalue weighted by atomic mass is 10.0. The van der Waals surface area contributed by atoms with E-state index in [1.54, 1.807) is 0 Å². The van der Waals surface area contributed by atoms with Crippen LogP contribution in [0.2, 0.25) is 0 Å². The highest BCUT2D eigenvalue weighted by Crippen LogP contribution is 2.32. The van der Waals surface area contributed by atoms with Crippen LogP contribution in [-0.2, 0) is 12.8 Å². The molecule has 108 valence electrons. The first kappa shape index (κ1) is 12.6. The first-order valence-electron chi connectivity index (χ1n) is 7.55. The van der Waals surface area contributed by atoms with E-state index in [0.29, 0.717) is 12.6 Å². The van der Waals surface area contributed by atoms with Crippen LogP contribution in [-0.4, -0.2) is 18.8 Å². The smallest absolute Gasteiger partial charge is 0.161 e. The molecule has 4 rings (SSSR count). The molecule has 0 saturated carbocycles. The number of para-hydroxylation sites is 2. The molecule has 0 bridgehead atoms. The average molecular weight is 281 g/mol. The summed E-state index contributed by atoms with van der Waals surface area (Å²) in [6, 6.07) is 15.1. The zero-order valence-corrected chi connectivity index (χ0v) is 12.1. The SMILES string of the molecule is C[C@H]1Cc2cc(C[C@H]3COc4ccccc4O3)ccc2N1. The van der Waals surface area contributed by atoms with Gasteiger partial charge in [0.2, 0.25) is 0 Å². The topological polar surface area (TPSA) is 30.5 Å². The van der Waals surface area contributed by atoms with Gasteiger partial charge in [0.05, 0.1) is 0 Å². The van der Waals surface area contributed by atoms with Gasteiger partial charge in [-0.05, 0) is 42.7 Å². The Labute approximate surface area is 124 Å². The molecule has 1 N–H and O–H groups in total. The van der Waals surface area contributed by atoms with Gasteiger partial charge in [-0.2, -0.15) is 0 Å². The summed E-state index contributed by atoms with van der Waals surface area (Å²) in [6.45, 7) is 2.83. The van der Waals surface area contributed by atoms with Crippen molar-refractivity contribution in [2.75, 3.05) is 11.9 Å². The van der Waals surface area contributed by atoms with Gasteiger partial charge in [-0.25, -0.2) is 0 Å². The summed E-state index contributed by atoms with van der Waals surface area (Å²) in [5.41, 5.74) is 4.01. The van der Waals surface area contributed by atoms with Crippen molar-refractivity contribution >= 4 is 5.69 Å². The normalized spacial score (nSPS) is 22.5. The molecule has 0 spiro atoms. The fourth-order valence-corrected chi connectivity index (χ4v) is 3.16. The molecule has 2 atom stereocenters. The quantitative estimate of drug-likeness (QED) is 0.915. The van der Waals surface area contributed by atoms with E-state index >= 15 is 0 Å². The Morgan fingerprint density at radius 3 is 2.90 bits per heavy atom. The molecule has 0 fully saturated rings. The maximum Gasteiger partial charge on any atom is 0.161 e. The second kappa shape index (κ2) is 4.99. The summed E-state index contributed by atoms with van der Waals surface area (Å²) in [7, 11) is 0. The highest BCUT2D eigenvalue weighted by molar-refractivity contribution is 5.57. The Morgan fingerprint density at radius 2 is 2.00 bits per heavy atom. The second-order valence-corrected chi connectivity index (χ2v) is 5.94. The number of ether oxygens (including phenoxy) is 2. The third kappa shape index (κ3) is 2.44. The van der Waals surface area contributed by atoms with Crippen LogP contribution in [0, 0.1) is 0 Å². The number of fused-ring (bicyclic) bond motifs is 2. The van der Waals surface area contributed by atoms with Gasteiger partial charge in [0.25, 0.3) is 0 Å². The van der Waals surface area contributed by atoms with Gasteiger partial charge in [-0.15, -0.1) is 0 Å². The molecule has 0 radical (unpaired) electrons. The van der Waals surface area contributed by atoms with Crippen molar-refractivity contribution in [1.82, 2.24) is 0 Å². The molecule has 0 aliphatic carbocycles. The van der Waals surface area contributed by atoms with Gasteiger partial charge in [-0.1, -0.05) is 24.3 Å². The molecule has 3 heteroatoms. The second-order valence-electron chi connectivity index (χ2n) is 5.94. The van der Waals surface area contributed by atoms with E-state index in [1.165, 1.54) is 16.8 Å². The van der Waals surface area contributed by atoms with Crippen LogP contribution >= 0.6 is 0 Å². The van der Waals surface area contributed by atoms with Crippen molar-refractivity contribution in [3.8, 4) is 11.5 Å². The number of benzene rings is 2. The monoisotopic (exact) mass is 281 g/mol. The number of rotatable bonds is 2. The zero-order valence-electron chi connectivity index (χ0n) is 12.1. The van der Waals surface area contributed by atoms with E-state index in [1.807, 2.05) is 24.3 Å². The molecule has 2 aromatic carbocycles. The van der Waals surface area contributed by atoms with Crippen LogP contribution in [0.25, 0.3) is 0 Å². The third-order valence-corrected chi connectivity index (χ3v) is 4.13. The van der Waals surface area contributed by atoms with Gasteiger partial charge >= 0.3 is 0 Å². The van der Waals surface area contributed by atoms with E-state index in [4.69, 9.17) is 9.47 Å². The highest BCUT2D eigenvalue weighted by Gasteiger charge is 2.22. The lowest BCUT2D eigenvalue weighted by Crippen LogP contribution is -2.31. The van der Waals surface area contributed by atoms with Crippen molar-refractivity contribution in [2.45, 2.75) is 31.9 Å². The van der Waals surface area contributed by atoms with Crippen molar-refractivity contribution in [1.29, 1.82) is 0 Å². The molecule has 2 aliphatic heterocycles. The van der Waals surface area contributed by atoms with E-state index in [2.05, 4.69) is 30.4 Å². The van der Waals surface area contributed by atoms with Crippen LogP contribution in [0.3, 0.4) is 0 Å². The third-order valence-electron chi connectivity index (χ3n) is 4.13. The number of hydrogen-bond donors (Lipinski definition) is 1. The highest BCUT2D eigenvalue weighted by atomic mass is 16.6. The zero-order chi connectivity index (χ0) is 14.2. The molecule has 2 aliphatic rings. The summed E-state index contributed by atoms with van der Waals surface area (Å²) in [4.78, 5) is 0. The molecule has 0 saturated heterocycles. The summed E-state index contributed by atoms with van der Waals surface area (Å²) in [5, 5.41) is 3.49. The standard InChI is InChI=1S/C18H19NO2/c1-12-8-14-9-13(6-7-16(14)19-12)10-15-11-20-17-4-2-3-5-18(17)21-15/h2-7,9,12,15,19H,8,10-11H2,1H3/t12-,15-/m0/s1. The van der Waals surface area contributed by atoms with Crippen LogP contribution in [0.15, 0.2) is 42.5 Å². The first-order chi connectivity index (χ1) is 10.3. The van der Waals surface area contributed by atoms with Crippen LogP contribution in [0.1, 0.15) is 18.1 Å². The average Bonchev–Trinajstić information content (AvgIpc) is 2.86. The van der Waals surface area contributed by atoms with Gasteiger partial charge in [0.15, 0.2) is 11.5 Å². The van der Waals surface area contributed by atoms with Crippen LogP contribution in [0.4, 0.5) is 5.69 Å². The van der Waals surface area contributed by atoms with Crippen molar-refractivity contribution in [2.24, 2.45) is 0 Å². The fourth-order valence-electron chi connectivity index (χ4n) is 3.16. The molecule has 21 heavy (non-hydrogen) atoms. The minimum absolute atomic E-state index is 0.0877. The molecule has 0 aromatic heterocycles. The Kier molecular flexibility index (Phi) is 2.99. The summed E-state index contributed by atoms with van der Waals surface area (Å²) in [5.74, 6) is 1.70. The van der Waals surface area contributed by atoms with Gasteiger partial charge in [0, 0.05) is 18.2 Å². The molecule has 3 nitrogen and oxygen atoms in total. The van der Waals surface area contributed by atoms with E-state index in [-0.39, 0.29) is 6.10 Å². The molecule has 0 amide bonds. The number of hydrogen-bond acceptors (Lipinski definition) is 3. The maximum absolute atomic E-state index is 6.04. The lowest BCUT2D eigenvalue weighted by molar-refractivity contribution is 0.0913. The van der Waals surface area contributed by atoms with Crippen molar-refractivity contribution in [3.05, 3.63) is 53.6 Å². The van der Waals surface area contributed by atoms with E-state index in [9.17, 15) is 0 Å². The molecule has 0 unspecified atom stereocenters. The summed E-state index contributed by atoms with van der Waals surface area (Å²) < 4.78 is 11.8. The largest absolute Gasteiger partial charge is 0.486 e. The molecular formula is C18H19NO2. The van der Waals surface area contributed by atoms with Gasteiger partial charge < -0.3 is 14.8 Å². The minimum atomic E-state index is 0.0877. The first-order valence-corrected chi connectivity index (χ1v) is 7.55. The fraction of sp³-hybridized carbons (Fsp3) is 0.333. The summed E-state index contributed by atoms with van der Waals surface area (Å²) >= 11 is 0. The molecule has 2 heterocycles. The predicted octanol–water partition coefficient (Wildman–Crippen LogP) is 3.43. The minimum Gasteiger partial charge on any atom is -0.486 e. The van der Waals surface area contributed by atoms with Crippen LogP contribution in [0.5, 0.6) is 11.5 Å².